The molecule has 16 heteroatoms. The molecule has 0 radical (unpaired) electrons. The standard InChI is InChI=1S/C37H61N5O11/c1-13-27-37(9)31(42(35(47)53-37)17-15-14-16-39-40-38)22(4)28(44)20(2)19-36(8,48-12)32(23(5)29(45)24(6)33(46)51-27)52-34-30(50-25(7)43)26(41(10)11)18-21(3)49-34/h20-24,26-27,30-32,34H,13-19H2,1-12H3/t20-,21?,22+,23+,24-,26?,27-,30?,31-,32-,34?,36+,37-/m1/s1. The van der Waals surface area contributed by atoms with E-state index in [1.54, 1.807) is 41.5 Å². The maximum absolute atomic E-state index is 14.6. The molecule has 0 aromatic rings. The Kier molecular flexibility index (Phi) is 15.3. The van der Waals surface area contributed by atoms with Gasteiger partial charge >= 0.3 is 18.0 Å². The largest absolute Gasteiger partial charge is 0.458 e. The van der Waals surface area contributed by atoms with Crippen molar-refractivity contribution in [3.8, 4) is 0 Å². The number of carbonyl (C=O) groups is 5. The number of azide groups is 1. The van der Waals surface area contributed by atoms with E-state index in [1.807, 2.05) is 25.9 Å². The number of ketones is 2. The van der Waals surface area contributed by atoms with Crippen LogP contribution in [0.15, 0.2) is 5.11 Å². The molecular formula is C37H61N5O11. The number of hydrogen-bond acceptors (Lipinski definition) is 13. The van der Waals surface area contributed by atoms with Crippen LogP contribution in [0.3, 0.4) is 0 Å². The summed E-state index contributed by atoms with van der Waals surface area (Å²) >= 11 is 0. The maximum Gasteiger partial charge on any atom is 0.410 e. The minimum absolute atomic E-state index is 0.0903. The van der Waals surface area contributed by atoms with Crippen LogP contribution in [-0.2, 0) is 47.6 Å². The van der Waals surface area contributed by atoms with E-state index < -0.39 is 89.3 Å². The number of fused-ring (bicyclic) bond motifs is 1. The van der Waals surface area contributed by atoms with Crippen LogP contribution in [0.1, 0.15) is 94.4 Å². The zero-order valence-electron chi connectivity index (χ0n) is 33.5. The second kappa shape index (κ2) is 18.4. The Balaban J connectivity index is 2.14. The minimum Gasteiger partial charge on any atom is -0.458 e. The molecule has 3 rings (SSSR count). The zero-order valence-corrected chi connectivity index (χ0v) is 33.5. The number of cyclic esters (lactones) is 1. The van der Waals surface area contributed by atoms with E-state index in [0.717, 1.165) is 0 Å². The first-order valence-corrected chi connectivity index (χ1v) is 18.8. The highest BCUT2D eigenvalue weighted by Gasteiger charge is 2.60. The van der Waals surface area contributed by atoms with Crippen molar-refractivity contribution >= 4 is 29.6 Å². The van der Waals surface area contributed by atoms with Gasteiger partial charge < -0.3 is 38.2 Å². The van der Waals surface area contributed by atoms with Crippen LogP contribution in [0.2, 0.25) is 0 Å². The number of Topliss-reactive ketones (excluding diaryl/α,β-unsaturated/α-hetero) is 2. The maximum atomic E-state index is 14.6. The average Bonchev–Trinajstić information content (AvgIpc) is 3.36. The van der Waals surface area contributed by atoms with Crippen LogP contribution in [0.25, 0.3) is 10.4 Å². The highest BCUT2D eigenvalue weighted by Crippen LogP contribution is 2.43. The lowest BCUT2D eigenvalue weighted by atomic mass is 9.73. The zero-order chi connectivity index (χ0) is 40.0. The molecule has 0 aromatic heterocycles. The number of nitrogens with zero attached hydrogens (tertiary/aromatic N) is 5. The molecule has 3 heterocycles. The van der Waals surface area contributed by atoms with Crippen molar-refractivity contribution in [2.75, 3.05) is 34.3 Å². The van der Waals surface area contributed by atoms with Gasteiger partial charge in [0.05, 0.1) is 29.9 Å². The quantitative estimate of drug-likeness (QED) is 0.0530. The normalized spacial score (nSPS) is 38.7. The summed E-state index contributed by atoms with van der Waals surface area (Å²) in [5.74, 6) is -5.74. The second-order valence-corrected chi connectivity index (χ2v) is 15.6. The van der Waals surface area contributed by atoms with Gasteiger partial charge in [-0.05, 0) is 79.4 Å². The lowest BCUT2D eigenvalue weighted by molar-refractivity contribution is -0.298. The molecule has 0 aromatic carbocycles. The third kappa shape index (κ3) is 9.69. The number of likely N-dealkylation sites (N-methyl/N-ethyl adjacent to an activating group) is 1. The molecule has 0 saturated carbocycles. The number of rotatable bonds is 11. The first-order valence-electron chi connectivity index (χ1n) is 18.8. The first-order chi connectivity index (χ1) is 24.8. The first kappa shape index (κ1) is 44.1. The van der Waals surface area contributed by atoms with E-state index in [-0.39, 0.29) is 43.9 Å². The monoisotopic (exact) mass is 751 g/mol. The Morgan fingerprint density at radius 3 is 2.28 bits per heavy atom. The van der Waals surface area contributed by atoms with Crippen LogP contribution in [0, 0.1) is 23.7 Å². The number of unbranched alkanes of at least 4 members (excludes halogenated alkanes) is 1. The van der Waals surface area contributed by atoms with Gasteiger partial charge in [0.15, 0.2) is 23.8 Å². The molecule has 0 N–H and O–H groups in total. The molecular weight excluding hydrogens is 690 g/mol. The van der Waals surface area contributed by atoms with Gasteiger partial charge in [0, 0.05) is 49.8 Å². The summed E-state index contributed by atoms with van der Waals surface area (Å²) in [6.07, 6.45) is -3.15. The Morgan fingerprint density at radius 1 is 1.06 bits per heavy atom. The molecule has 3 aliphatic heterocycles. The average molecular weight is 752 g/mol. The van der Waals surface area contributed by atoms with Crippen molar-refractivity contribution in [2.45, 2.75) is 148 Å². The summed E-state index contributed by atoms with van der Waals surface area (Å²) in [4.78, 5) is 74.8. The summed E-state index contributed by atoms with van der Waals surface area (Å²) < 4.78 is 37.0. The Morgan fingerprint density at radius 2 is 1.72 bits per heavy atom. The highest BCUT2D eigenvalue weighted by atomic mass is 16.7. The number of carbonyl (C=O) groups excluding carboxylic acids is 5. The van der Waals surface area contributed by atoms with Crippen LogP contribution >= 0.6 is 0 Å². The van der Waals surface area contributed by atoms with Crippen molar-refractivity contribution in [1.29, 1.82) is 0 Å². The second-order valence-electron chi connectivity index (χ2n) is 15.6. The van der Waals surface area contributed by atoms with Crippen molar-refractivity contribution < 1.29 is 52.4 Å². The SMILES string of the molecule is CC[C@H]1OC(=O)[C@H](C)C(=O)[C@H](C)[C@@H](OC2OC(C)CC(N(C)C)C2OC(C)=O)[C@@](C)(OC)C[C@@H](C)C(=O)[C@H](C)[C@H]2N(CCCCN=[N+]=[N-])C(=O)O[C@]12C. The van der Waals surface area contributed by atoms with E-state index in [2.05, 4.69) is 10.0 Å². The summed E-state index contributed by atoms with van der Waals surface area (Å²) in [6, 6.07) is -1.11. The van der Waals surface area contributed by atoms with Crippen LogP contribution in [0.4, 0.5) is 4.79 Å². The fraction of sp³-hybridized carbons (Fsp3) is 0.865. The number of esters is 2. The van der Waals surface area contributed by atoms with Gasteiger partial charge in [-0.2, -0.15) is 0 Å². The van der Waals surface area contributed by atoms with Gasteiger partial charge in [-0.3, -0.25) is 19.2 Å². The minimum atomic E-state index is -1.43. The van der Waals surface area contributed by atoms with E-state index in [9.17, 15) is 24.0 Å². The predicted molar refractivity (Wildman–Crippen MR) is 192 cm³/mol. The molecule has 4 unspecified atom stereocenters. The summed E-state index contributed by atoms with van der Waals surface area (Å²) in [6.45, 7) is 15.5. The van der Waals surface area contributed by atoms with Gasteiger partial charge in [0.1, 0.15) is 17.8 Å². The van der Waals surface area contributed by atoms with E-state index >= 15 is 0 Å². The number of ether oxygens (including phenoxy) is 6. The molecule has 3 saturated heterocycles. The van der Waals surface area contributed by atoms with Gasteiger partial charge in [0.2, 0.25) is 0 Å². The third-order valence-electron chi connectivity index (χ3n) is 11.4. The smallest absolute Gasteiger partial charge is 0.410 e. The number of amides is 1. The predicted octanol–water partition coefficient (Wildman–Crippen LogP) is 4.85. The molecule has 300 valence electrons. The van der Waals surface area contributed by atoms with Gasteiger partial charge in [-0.25, -0.2) is 4.79 Å². The lowest BCUT2D eigenvalue weighted by Crippen LogP contribution is -2.61. The van der Waals surface area contributed by atoms with Gasteiger partial charge in [0.25, 0.3) is 0 Å². The van der Waals surface area contributed by atoms with Crippen LogP contribution in [0.5, 0.6) is 0 Å². The van der Waals surface area contributed by atoms with Crippen LogP contribution in [-0.4, -0.2) is 128 Å². The molecule has 53 heavy (non-hydrogen) atoms. The summed E-state index contributed by atoms with van der Waals surface area (Å²) in [5.41, 5.74) is 5.94. The molecule has 16 nitrogen and oxygen atoms in total. The van der Waals surface area contributed by atoms with E-state index in [1.165, 1.54) is 25.9 Å². The van der Waals surface area contributed by atoms with Crippen molar-refractivity contribution in [1.82, 2.24) is 9.80 Å². The Bertz CT molecular complexity index is 1390. The van der Waals surface area contributed by atoms with Gasteiger partial charge in [-0.15, -0.1) is 0 Å². The molecule has 13 atom stereocenters. The molecule has 3 fully saturated rings. The van der Waals surface area contributed by atoms with E-state index in [4.69, 9.17) is 34.0 Å². The Labute approximate surface area is 313 Å². The van der Waals surface area contributed by atoms with Crippen molar-refractivity contribution in [3.63, 3.8) is 0 Å². The lowest BCUT2D eigenvalue weighted by Gasteiger charge is -2.47. The summed E-state index contributed by atoms with van der Waals surface area (Å²) in [7, 11) is 5.20. The van der Waals surface area contributed by atoms with E-state index in [0.29, 0.717) is 19.3 Å². The summed E-state index contributed by atoms with van der Waals surface area (Å²) in [5, 5.41) is 3.57. The van der Waals surface area contributed by atoms with Crippen LogP contribution < -0.4 is 0 Å². The molecule has 0 aliphatic carbocycles. The number of hydrogen-bond donors (Lipinski definition) is 0. The van der Waals surface area contributed by atoms with Gasteiger partial charge in [-0.1, -0.05) is 32.8 Å². The molecule has 1 amide bonds. The van der Waals surface area contributed by atoms with Crippen molar-refractivity contribution in [2.24, 2.45) is 28.8 Å². The molecule has 0 spiro atoms. The fourth-order valence-corrected chi connectivity index (χ4v) is 8.52. The number of methoxy groups -OCH3 is 1. The molecule has 0 bridgehead atoms. The van der Waals surface area contributed by atoms with Crippen molar-refractivity contribution in [3.05, 3.63) is 10.4 Å². The fourth-order valence-electron chi connectivity index (χ4n) is 8.52. The third-order valence-corrected chi connectivity index (χ3v) is 11.4. The highest BCUT2D eigenvalue weighted by molar-refractivity contribution is 6.00. The molecule has 3 aliphatic rings. The Hall–Kier alpha value is -3.30. The topological polar surface area (TPSA) is 196 Å².